The van der Waals surface area contributed by atoms with E-state index in [0.717, 1.165) is 12.8 Å². The number of rotatable bonds is 9. The highest BCUT2D eigenvalue weighted by Crippen LogP contribution is 2.25. The maximum Gasteiger partial charge on any atom is 0.235 e. The van der Waals surface area contributed by atoms with E-state index in [1.54, 1.807) is 43.3 Å². The molecule has 0 aliphatic rings. The average molecular weight is 364 g/mol. The number of benzene rings is 2. The molecule has 0 aliphatic carbocycles. The van der Waals surface area contributed by atoms with Gasteiger partial charge in [0.2, 0.25) is 10.0 Å². The molecule has 0 aliphatic heterocycles. The minimum atomic E-state index is -3.46. The van der Waals surface area contributed by atoms with Crippen LogP contribution in [0.1, 0.15) is 38.7 Å². The quantitative estimate of drug-likeness (QED) is 0.674. The van der Waals surface area contributed by atoms with E-state index in [0.29, 0.717) is 23.4 Å². The first kappa shape index (κ1) is 19.2. The lowest BCUT2D eigenvalue weighted by Gasteiger charge is -2.17. The summed E-state index contributed by atoms with van der Waals surface area (Å²) in [4.78, 5) is 0. The molecule has 0 amide bonds. The number of para-hydroxylation sites is 2. The molecule has 136 valence electrons. The molecule has 25 heavy (non-hydrogen) atoms. The Bertz CT molecular complexity index is 794. The van der Waals surface area contributed by atoms with E-state index < -0.39 is 15.3 Å². The molecule has 0 spiro atoms. The third-order valence-electron chi connectivity index (χ3n) is 4.10. The highest BCUT2D eigenvalue weighted by atomic mass is 32.2. The van der Waals surface area contributed by atoms with Crippen LogP contribution in [0.3, 0.4) is 0 Å². The van der Waals surface area contributed by atoms with Gasteiger partial charge in [0, 0.05) is 12.1 Å². The summed E-state index contributed by atoms with van der Waals surface area (Å²) in [6.07, 6.45) is 2.45. The molecule has 4 nitrogen and oxygen atoms in total. The second-order valence-electron chi connectivity index (χ2n) is 6.09. The SMILES string of the molecule is CCCCC(C)S(=O)(=O)Nc1ccccc1NCc1ccccc1F. The fourth-order valence-corrected chi connectivity index (χ4v) is 3.62. The number of hydrogen-bond donors (Lipinski definition) is 2. The van der Waals surface area contributed by atoms with Crippen LogP contribution in [0, 0.1) is 5.82 Å². The highest BCUT2D eigenvalue weighted by Gasteiger charge is 2.21. The largest absolute Gasteiger partial charge is 0.379 e. The molecule has 2 aromatic rings. The highest BCUT2D eigenvalue weighted by molar-refractivity contribution is 7.93. The molecule has 0 fully saturated rings. The van der Waals surface area contributed by atoms with E-state index in [4.69, 9.17) is 0 Å². The van der Waals surface area contributed by atoms with Crippen LogP contribution in [0.5, 0.6) is 0 Å². The lowest BCUT2D eigenvalue weighted by Crippen LogP contribution is -2.25. The molecule has 0 saturated carbocycles. The minimum Gasteiger partial charge on any atom is -0.379 e. The summed E-state index contributed by atoms with van der Waals surface area (Å²) in [6.45, 7) is 4.03. The molecule has 2 aromatic carbocycles. The Kier molecular flexibility index (Phi) is 6.82. The van der Waals surface area contributed by atoms with Crippen molar-refractivity contribution in [1.82, 2.24) is 0 Å². The Hall–Kier alpha value is -2.08. The summed E-state index contributed by atoms with van der Waals surface area (Å²) in [5.41, 5.74) is 1.62. The fourth-order valence-electron chi connectivity index (χ4n) is 2.46. The Balaban J connectivity index is 2.11. The van der Waals surface area contributed by atoms with Crippen molar-refractivity contribution in [3.63, 3.8) is 0 Å². The number of nitrogens with one attached hydrogen (secondary N) is 2. The van der Waals surface area contributed by atoms with Gasteiger partial charge in [-0.2, -0.15) is 0 Å². The van der Waals surface area contributed by atoms with Gasteiger partial charge in [0.15, 0.2) is 0 Å². The Morgan fingerprint density at radius 1 is 1.04 bits per heavy atom. The minimum absolute atomic E-state index is 0.275. The van der Waals surface area contributed by atoms with Gasteiger partial charge in [-0.25, -0.2) is 12.8 Å². The van der Waals surface area contributed by atoms with Crippen molar-refractivity contribution in [2.75, 3.05) is 10.0 Å². The number of hydrogen-bond acceptors (Lipinski definition) is 3. The van der Waals surface area contributed by atoms with Gasteiger partial charge in [-0.05, 0) is 31.5 Å². The fraction of sp³-hybridized carbons (Fsp3) is 0.368. The zero-order valence-electron chi connectivity index (χ0n) is 14.6. The summed E-state index contributed by atoms with van der Waals surface area (Å²) < 4.78 is 41.4. The molecule has 1 atom stereocenters. The predicted molar refractivity (Wildman–Crippen MR) is 102 cm³/mol. The van der Waals surface area contributed by atoms with Crippen LogP contribution in [0.25, 0.3) is 0 Å². The van der Waals surface area contributed by atoms with Crippen LogP contribution in [0.4, 0.5) is 15.8 Å². The van der Waals surface area contributed by atoms with Gasteiger partial charge in [-0.3, -0.25) is 4.72 Å². The molecule has 2 N–H and O–H groups in total. The molecule has 6 heteroatoms. The van der Waals surface area contributed by atoms with Gasteiger partial charge in [-0.15, -0.1) is 0 Å². The maximum atomic E-state index is 13.7. The van der Waals surface area contributed by atoms with Crippen LogP contribution in [-0.4, -0.2) is 13.7 Å². The second kappa shape index (κ2) is 8.85. The molecule has 1 unspecified atom stereocenters. The van der Waals surface area contributed by atoms with E-state index in [2.05, 4.69) is 10.0 Å². The Morgan fingerprint density at radius 3 is 2.36 bits per heavy atom. The van der Waals surface area contributed by atoms with E-state index >= 15 is 0 Å². The molecular weight excluding hydrogens is 339 g/mol. The molecular formula is C19H25FN2O2S. The summed E-state index contributed by atoms with van der Waals surface area (Å²) in [6, 6.07) is 13.6. The molecule has 0 aromatic heterocycles. The third kappa shape index (κ3) is 5.46. The van der Waals surface area contributed by atoms with Crippen LogP contribution in [0.15, 0.2) is 48.5 Å². The van der Waals surface area contributed by atoms with Gasteiger partial charge in [-0.1, -0.05) is 50.1 Å². The normalized spacial score (nSPS) is 12.6. The van der Waals surface area contributed by atoms with Crippen molar-refractivity contribution in [3.8, 4) is 0 Å². The van der Waals surface area contributed by atoms with Gasteiger partial charge in [0.25, 0.3) is 0 Å². The summed E-state index contributed by atoms with van der Waals surface area (Å²) in [5, 5.41) is 2.64. The molecule has 2 rings (SSSR count). The predicted octanol–water partition coefficient (Wildman–Crippen LogP) is 4.76. The third-order valence-corrected chi connectivity index (χ3v) is 5.90. The van der Waals surface area contributed by atoms with Crippen LogP contribution in [0.2, 0.25) is 0 Å². The van der Waals surface area contributed by atoms with Gasteiger partial charge >= 0.3 is 0 Å². The van der Waals surface area contributed by atoms with Crippen molar-refractivity contribution in [3.05, 3.63) is 59.9 Å². The van der Waals surface area contributed by atoms with Crippen molar-refractivity contribution < 1.29 is 12.8 Å². The molecule has 0 saturated heterocycles. The lowest BCUT2D eigenvalue weighted by atomic mass is 10.2. The first-order valence-corrected chi connectivity index (χ1v) is 10.1. The molecule has 0 heterocycles. The molecule has 0 bridgehead atoms. The van der Waals surface area contributed by atoms with Gasteiger partial charge < -0.3 is 5.32 Å². The summed E-state index contributed by atoms with van der Waals surface area (Å²) >= 11 is 0. The van der Waals surface area contributed by atoms with Crippen LogP contribution in [-0.2, 0) is 16.6 Å². The zero-order chi connectivity index (χ0) is 18.3. The average Bonchev–Trinajstić information content (AvgIpc) is 2.59. The summed E-state index contributed by atoms with van der Waals surface area (Å²) in [5.74, 6) is -0.291. The number of unbranched alkanes of at least 4 members (excludes halogenated alkanes) is 1. The van der Waals surface area contributed by atoms with Crippen molar-refractivity contribution >= 4 is 21.4 Å². The van der Waals surface area contributed by atoms with E-state index in [9.17, 15) is 12.8 Å². The van der Waals surface area contributed by atoms with E-state index in [1.807, 2.05) is 13.0 Å². The first-order valence-electron chi connectivity index (χ1n) is 8.52. The number of sulfonamides is 1. The zero-order valence-corrected chi connectivity index (χ0v) is 15.4. The van der Waals surface area contributed by atoms with E-state index in [-0.39, 0.29) is 12.4 Å². The standard InChI is InChI=1S/C19H25FN2O2S/c1-3-4-9-15(2)25(23,24)22-19-13-8-7-12-18(19)21-14-16-10-5-6-11-17(16)20/h5-8,10-13,15,21-22H,3-4,9,14H2,1-2H3. The van der Waals surface area contributed by atoms with Crippen molar-refractivity contribution in [1.29, 1.82) is 0 Å². The number of anilines is 2. The lowest BCUT2D eigenvalue weighted by molar-refractivity contribution is 0.576. The Morgan fingerprint density at radius 2 is 1.68 bits per heavy atom. The molecule has 0 radical (unpaired) electrons. The van der Waals surface area contributed by atoms with Crippen LogP contribution >= 0.6 is 0 Å². The second-order valence-corrected chi connectivity index (χ2v) is 8.19. The number of halogens is 1. The Labute approximate surface area is 149 Å². The monoisotopic (exact) mass is 364 g/mol. The van der Waals surface area contributed by atoms with Crippen molar-refractivity contribution in [2.45, 2.75) is 44.9 Å². The van der Waals surface area contributed by atoms with Gasteiger partial charge in [0.1, 0.15) is 5.82 Å². The maximum absolute atomic E-state index is 13.7. The van der Waals surface area contributed by atoms with Crippen LogP contribution < -0.4 is 10.0 Å². The van der Waals surface area contributed by atoms with Crippen molar-refractivity contribution in [2.24, 2.45) is 0 Å². The van der Waals surface area contributed by atoms with Gasteiger partial charge in [0.05, 0.1) is 16.6 Å². The first-order chi connectivity index (χ1) is 11.9. The van der Waals surface area contributed by atoms with E-state index in [1.165, 1.54) is 6.07 Å². The topological polar surface area (TPSA) is 58.2 Å². The smallest absolute Gasteiger partial charge is 0.235 e. The summed E-state index contributed by atoms with van der Waals surface area (Å²) in [7, 11) is -3.46.